The molecule has 0 saturated heterocycles. The van der Waals surface area contributed by atoms with E-state index in [1.807, 2.05) is 30.3 Å². The molecule has 22 heavy (non-hydrogen) atoms. The maximum Gasteiger partial charge on any atom is 0.161 e. The van der Waals surface area contributed by atoms with Gasteiger partial charge >= 0.3 is 0 Å². The van der Waals surface area contributed by atoms with E-state index in [1.165, 1.54) is 0 Å². The minimum atomic E-state index is -0.572. The quantitative estimate of drug-likeness (QED) is 0.822. The third-order valence-corrected chi connectivity index (χ3v) is 3.62. The molecule has 0 heterocycles. The van der Waals surface area contributed by atoms with E-state index in [2.05, 4.69) is 5.32 Å². The van der Waals surface area contributed by atoms with Crippen molar-refractivity contribution in [1.82, 2.24) is 5.32 Å². The number of rotatable bonds is 7. The Morgan fingerprint density at radius 1 is 1.05 bits per heavy atom. The fraction of sp³-hybridized carbons (Fsp3) is 0.294. The predicted molar refractivity (Wildman–Crippen MR) is 87.7 cm³/mol. The minimum Gasteiger partial charge on any atom is -0.493 e. The molecule has 0 amide bonds. The maximum absolute atomic E-state index is 10.1. The molecule has 0 radical (unpaired) electrons. The summed E-state index contributed by atoms with van der Waals surface area (Å²) < 4.78 is 10.5. The van der Waals surface area contributed by atoms with Gasteiger partial charge in [-0.15, -0.1) is 0 Å². The molecule has 2 aromatic carbocycles. The fourth-order valence-electron chi connectivity index (χ4n) is 2.15. The molecule has 4 nitrogen and oxygen atoms in total. The lowest BCUT2D eigenvalue weighted by Crippen LogP contribution is -2.21. The lowest BCUT2D eigenvalue weighted by molar-refractivity contribution is 0.174. The SMILES string of the molecule is COc1ccc(CNCC(O)c2ccc(Cl)cc2)cc1OC. The first-order valence-corrected chi connectivity index (χ1v) is 7.37. The Kier molecular flexibility index (Phi) is 6.07. The number of benzene rings is 2. The molecule has 0 bridgehead atoms. The first kappa shape index (κ1) is 16.6. The highest BCUT2D eigenvalue weighted by molar-refractivity contribution is 6.30. The lowest BCUT2D eigenvalue weighted by Gasteiger charge is -2.13. The van der Waals surface area contributed by atoms with Gasteiger partial charge in [0.2, 0.25) is 0 Å². The Labute approximate surface area is 135 Å². The van der Waals surface area contributed by atoms with E-state index in [0.29, 0.717) is 29.6 Å². The number of methoxy groups -OCH3 is 2. The standard InChI is InChI=1S/C17H20ClNO3/c1-21-16-8-3-12(9-17(16)22-2)10-19-11-15(20)13-4-6-14(18)7-5-13/h3-9,15,19-20H,10-11H2,1-2H3. The van der Waals surface area contributed by atoms with Crippen molar-refractivity contribution in [3.8, 4) is 11.5 Å². The smallest absolute Gasteiger partial charge is 0.161 e. The van der Waals surface area contributed by atoms with Gasteiger partial charge in [-0.1, -0.05) is 29.8 Å². The van der Waals surface area contributed by atoms with E-state index in [4.69, 9.17) is 21.1 Å². The van der Waals surface area contributed by atoms with Crippen LogP contribution < -0.4 is 14.8 Å². The highest BCUT2D eigenvalue weighted by atomic mass is 35.5. The molecule has 5 heteroatoms. The van der Waals surface area contributed by atoms with Gasteiger partial charge in [0.15, 0.2) is 11.5 Å². The van der Waals surface area contributed by atoms with E-state index < -0.39 is 6.10 Å². The summed E-state index contributed by atoms with van der Waals surface area (Å²) in [7, 11) is 3.22. The number of ether oxygens (including phenoxy) is 2. The summed E-state index contributed by atoms with van der Waals surface area (Å²) in [5.41, 5.74) is 1.89. The summed E-state index contributed by atoms with van der Waals surface area (Å²) in [6.45, 7) is 1.08. The number of aliphatic hydroxyl groups is 1. The van der Waals surface area contributed by atoms with E-state index in [9.17, 15) is 5.11 Å². The van der Waals surface area contributed by atoms with Crippen LogP contribution >= 0.6 is 11.6 Å². The van der Waals surface area contributed by atoms with Crippen LogP contribution in [-0.4, -0.2) is 25.9 Å². The van der Waals surface area contributed by atoms with Crippen LogP contribution in [0.5, 0.6) is 11.5 Å². The van der Waals surface area contributed by atoms with Gasteiger partial charge in [0.05, 0.1) is 20.3 Å². The zero-order chi connectivity index (χ0) is 15.9. The molecule has 0 aliphatic rings. The van der Waals surface area contributed by atoms with Crippen LogP contribution in [0.2, 0.25) is 5.02 Å². The number of halogens is 1. The van der Waals surface area contributed by atoms with E-state index in [-0.39, 0.29) is 0 Å². The molecule has 0 fully saturated rings. The second-order valence-electron chi connectivity index (χ2n) is 4.89. The predicted octanol–water partition coefficient (Wildman–Crippen LogP) is 3.18. The Morgan fingerprint density at radius 2 is 1.73 bits per heavy atom. The van der Waals surface area contributed by atoms with Crippen molar-refractivity contribution in [1.29, 1.82) is 0 Å². The van der Waals surface area contributed by atoms with Crippen molar-refractivity contribution in [2.24, 2.45) is 0 Å². The summed E-state index contributed by atoms with van der Waals surface area (Å²) in [6, 6.07) is 12.9. The molecule has 1 unspecified atom stereocenters. The van der Waals surface area contributed by atoms with Crippen molar-refractivity contribution < 1.29 is 14.6 Å². The van der Waals surface area contributed by atoms with E-state index >= 15 is 0 Å². The number of hydrogen-bond acceptors (Lipinski definition) is 4. The van der Waals surface area contributed by atoms with Crippen LogP contribution in [0.1, 0.15) is 17.2 Å². The third kappa shape index (κ3) is 4.37. The molecular weight excluding hydrogens is 302 g/mol. The monoisotopic (exact) mass is 321 g/mol. The van der Waals surface area contributed by atoms with Crippen LogP contribution in [-0.2, 0) is 6.54 Å². The summed E-state index contributed by atoms with van der Waals surface area (Å²) in [5, 5.41) is 14.0. The number of hydrogen-bond donors (Lipinski definition) is 2. The van der Waals surface area contributed by atoms with Gasteiger partial charge in [0, 0.05) is 18.1 Å². The Balaban J connectivity index is 1.89. The van der Waals surface area contributed by atoms with Gasteiger partial charge < -0.3 is 19.9 Å². The number of aliphatic hydroxyl groups excluding tert-OH is 1. The van der Waals surface area contributed by atoms with Gasteiger partial charge in [0.25, 0.3) is 0 Å². The lowest BCUT2D eigenvalue weighted by atomic mass is 10.1. The molecule has 0 aliphatic carbocycles. The van der Waals surface area contributed by atoms with Crippen molar-refractivity contribution in [3.63, 3.8) is 0 Å². The normalized spacial score (nSPS) is 12.0. The molecule has 2 N–H and O–H groups in total. The van der Waals surface area contributed by atoms with Gasteiger partial charge in [-0.05, 0) is 35.4 Å². The molecule has 2 aromatic rings. The average Bonchev–Trinajstić information content (AvgIpc) is 2.55. The van der Waals surface area contributed by atoms with Crippen molar-refractivity contribution >= 4 is 11.6 Å². The molecule has 118 valence electrons. The van der Waals surface area contributed by atoms with E-state index in [1.54, 1.807) is 26.4 Å². The van der Waals surface area contributed by atoms with Gasteiger partial charge in [0.1, 0.15) is 0 Å². The van der Waals surface area contributed by atoms with Crippen LogP contribution in [0, 0.1) is 0 Å². The number of nitrogens with one attached hydrogen (secondary N) is 1. The fourth-order valence-corrected chi connectivity index (χ4v) is 2.27. The minimum absolute atomic E-state index is 0.454. The van der Waals surface area contributed by atoms with E-state index in [0.717, 1.165) is 11.1 Å². The largest absolute Gasteiger partial charge is 0.493 e. The Hall–Kier alpha value is -1.75. The highest BCUT2D eigenvalue weighted by Crippen LogP contribution is 2.27. The molecule has 0 saturated carbocycles. The molecule has 0 spiro atoms. The zero-order valence-corrected chi connectivity index (χ0v) is 13.4. The molecule has 0 aromatic heterocycles. The first-order chi connectivity index (χ1) is 10.6. The summed E-state index contributed by atoms with van der Waals surface area (Å²) in [5.74, 6) is 1.40. The van der Waals surface area contributed by atoms with Gasteiger partial charge in [-0.2, -0.15) is 0 Å². The maximum atomic E-state index is 10.1. The molecule has 1 atom stereocenters. The van der Waals surface area contributed by atoms with Gasteiger partial charge in [-0.3, -0.25) is 0 Å². The third-order valence-electron chi connectivity index (χ3n) is 3.37. The summed E-state index contributed by atoms with van der Waals surface area (Å²) >= 11 is 5.83. The van der Waals surface area contributed by atoms with Gasteiger partial charge in [-0.25, -0.2) is 0 Å². The van der Waals surface area contributed by atoms with Crippen molar-refractivity contribution in [2.75, 3.05) is 20.8 Å². The Morgan fingerprint density at radius 3 is 2.36 bits per heavy atom. The molecule has 2 rings (SSSR count). The topological polar surface area (TPSA) is 50.7 Å². The van der Waals surface area contributed by atoms with Crippen LogP contribution in [0.25, 0.3) is 0 Å². The van der Waals surface area contributed by atoms with Crippen LogP contribution in [0.3, 0.4) is 0 Å². The second kappa shape index (κ2) is 8.03. The molecular formula is C17H20ClNO3. The van der Waals surface area contributed by atoms with Crippen LogP contribution in [0.15, 0.2) is 42.5 Å². The second-order valence-corrected chi connectivity index (χ2v) is 5.32. The van der Waals surface area contributed by atoms with Crippen molar-refractivity contribution in [2.45, 2.75) is 12.6 Å². The molecule has 0 aliphatic heterocycles. The first-order valence-electron chi connectivity index (χ1n) is 6.99. The average molecular weight is 322 g/mol. The highest BCUT2D eigenvalue weighted by Gasteiger charge is 2.08. The zero-order valence-electron chi connectivity index (χ0n) is 12.7. The Bertz CT molecular complexity index is 601. The van der Waals surface area contributed by atoms with Crippen molar-refractivity contribution in [3.05, 3.63) is 58.6 Å². The summed E-state index contributed by atoms with van der Waals surface area (Å²) in [4.78, 5) is 0. The summed E-state index contributed by atoms with van der Waals surface area (Å²) in [6.07, 6.45) is -0.572. The van der Waals surface area contributed by atoms with Crippen LogP contribution in [0.4, 0.5) is 0 Å².